The molecule has 1 heterocycles. The number of benzene rings is 6. The number of hydrogen-bond donors (Lipinski definition) is 0. The lowest BCUT2D eigenvalue weighted by molar-refractivity contribution is 0.930. The van der Waals surface area contributed by atoms with Crippen LogP contribution in [0.15, 0.2) is 164 Å². The maximum absolute atomic E-state index is 4.90. The number of rotatable bonds is 6. The molecule has 0 saturated carbocycles. The summed E-state index contributed by atoms with van der Waals surface area (Å²) in [7, 11) is 0. The summed E-state index contributed by atoms with van der Waals surface area (Å²) < 4.78 is 0. The molecule has 0 saturated heterocycles. The van der Waals surface area contributed by atoms with Crippen LogP contribution >= 0.6 is 0 Å². The minimum absolute atomic E-state index is 0.0186. The number of hydrogen-bond acceptors (Lipinski definition) is 3. The maximum atomic E-state index is 4.90. The summed E-state index contributed by atoms with van der Waals surface area (Å²) in [5.41, 5.74) is 9.91. The van der Waals surface area contributed by atoms with Crippen molar-refractivity contribution in [2.24, 2.45) is 0 Å². The van der Waals surface area contributed by atoms with Crippen molar-refractivity contribution in [1.82, 2.24) is 4.98 Å². The Kier molecular flexibility index (Phi) is 6.27. The molecule has 1 aromatic heterocycles. The van der Waals surface area contributed by atoms with Gasteiger partial charge in [0.1, 0.15) is 5.82 Å². The lowest BCUT2D eigenvalue weighted by Crippen LogP contribution is -2.33. The molecule has 0 radical (unpaired) electrons. The number of anilines is 5. The number of para-hydroxylation sites is 2. The Morgan fingerprint density at radius 3 is 2.11 bits per heavy atom. The van der Waals surface area contributed by atoms with Gasteiger partial charge in [-0.25, -0.2) is 4.98 Å². The van der Waals surface area contributed by atoms with E-state index >= 15 is 0 Å². The van der Waals surface area contributed by atoms with Gasteiger partial charge in [-0.2, -0.15) is 0 Å². The highest BCUT2D eigenvalue weighted by molar-refractivity contribution is 6.11. The topological polar surface area (TPSA) is 19.4 Å². The molecule has 9 rings (SSSR count). The smallest absolute Gasteiger partial charge is 0.133 e. The molecule has 0 aliphatic heterocycles. The van der Waals surface area contributed by atoms with E-state index in [0.717, 1.165) is 29.3 Å². The molecule has 0 spiro atoms. The summed E-state index contributed by atoms with van der Waals surface area (Å²) in [6.07, 6.45) is 9.89. The van der Waals surface area contributed by atoms with E-state index in [2.05, 4.69) is 168 Å². The van der Waals surface area contributed by atoms with E-state index in [4.69, 9.17) is 4.98 Å². The van der Waals surface area contributed by atoms with E-state index in [0.29, 0.717) is 0 Å². The molecule has 6 aromatic carbocycles. The molecule has 0 fully saturated rings. The average molecular weight is 590 g/mol. The Morgan fingerprint density at radius 1 is 0.587 bits per heavy atom. The number of nitrogens with zero attached hydrogens (tertiary/aromatic N) is 3. The van der Waals surface area contributed by atoms with Gasteiger partial charge >= 0.3 is 0 Å². The van der Waals surface area contributed by atoms with Crippen LogP contribution in [0.25, 0.3) is 33.2 Å². The van der Waals surface area contributed by atoms with Gasteiger partial charge in [-0.05, 0) is 88.0 Å². The molecule has 3 heteroatoms. The van der Waals surface area contributed by atoms with Crippen LogP contribution in [0.3, 0.4) is 0 Å². The fourth-order valence-electron chi connectivity index (χ4n) is 7.36. The Morgan fingerprint density at radius 2 is 1.33 bits per heavy atom. The van der Waals surface area contributed by atoms with E-state index < -0.39 is 0 Å². The van der Waals surface area contributed by atoms with E-state index in [-0.39, 0.29) is 6.04 Å². The molecule has 218 valence electrons. The second kappa shape index (κ2) is 10.9. The van der Waals surface area contributed by atoms with Crippen LogP contribution in [-0.4, -0.2) is 11.0 Å². The summed E-state index contributed by atoms with van der Waals surface area (Å²) >= 11 is 0. The Hall–Kier alpha value is -5.93. The van der Waals surface area contributed by atoms with Crippen molar-refractivity contribution in [3.05, 3.63) is 181 Å². The van der Waals surface area contributed by atoms with Crippen molar-refractivity contribution < 1.29 is 0 Å². The van der Waals surface area contributed by atoms with Crippen LogP contribution in [0.4, 0.5) is 28.6 Å². The first-order valence-electron chi connectivity index (χ1n) is 15.9. The van der Waals surface area contributed by atoms with Gasteiger partial charge in [0, 0.05) is 28.3 Å². The number of fused-ring (bicyclic) bond motifs is 1. The highest BCUT2D eigenvalue weighted by Gasteiger charge is 2.32. The Bertz CT molecular complexity index is 2240. The van der Waals surface area contributed by atoms with Crippen LogP contribution in [-0.2, 0) is 6.42 Å². The molecule has 7 aromatic rings. The Balaban J connectivity index is 1.25. The van der Waals surface area contributed by atoms with Gasteiger partial charge in [0.2, 0.25) is 0 Å². The first-order valence-corrected chi connectivity index (χ1v) is 15.9. The monoisotopic (exact) mass is 589 g/mol. The second-order valence-electron chi connectivity index (χ2n) is 11.9. The lowest BCUT2D eigenvalue weighted by Gasteiger charge is -2.38. The Labute approximate surface area is 269 Å². The second-order valence-corrected chi connectivity index (χ2v) is 11.9. The summed E-state index contributed by atoms with van der Waals surface area (Å²) in [5, 5.41) is 5.04. The summed E-state index contributed by atoms with van der Waals surface area (Å²) in [6.45, 7) is 0. The first-order chi connectivity index (χ1) is 22.8. The van der Waals surface area contributed by atoms with Gasteiger partial charge in [0.15, 0.2) is 0 Å². The third kappa shape index (κ3) is 4.24. The van der Waals surface area contributed by atoms with Gasteiger partial charge < -0.3 is 9.80 Å². The van der Waals surface area contributed by atoms with Crippen LogP contribution in [0, 0.1) is 0 Å². The number of aromatic nitrogens is 1. The zero-order chi connectivity index (χ0) is 30.5. The van der Waals surface area contributed by atoms with Crippen LogP contribution in [0.5, 0.6) is 0 Å². The van der Waals surface area contributed by atoms with Gasteiger partial charge in [-0.15, -0.1) is 0 Å². The maximum Gasteiger partial charge on any atom is 0.133 e. The van der Waals surface area contributed by atoms with Crippen molar-refractivity contribution in [3.63, 3.8) is 0 Å². The van der Waals surface area contributed by atoms with Crippen molar-refractivity contribution >= 4 is 61.8 Å². The minimum atomic E-state index is -0.0186. The first kappa shape index (κ1) is 26.5. The highest BCUT2D eigenvalue weighted by Crippen LogP contribution is 2.48. The molecule has 0 bridgehead atoms. The predicted octanol–water partition coefficient (Wildman–Crippen LogP) is 11.0. The van der Waals surface area contributed by atoms with E-state index in [1.807, 2.05) is 12.3 Å². The SMILES string of the molecule is C1=CC(N(c2ccccn2)c2cccc3ccccc23)C2=CCc3ccc(N(c4ccccc4)c4ccccc4)c4ccc1c2c34. The quantitative estimate of drug-likeness (QED) is 0.192. The standard InChI is InChI=1S/C43H31N3/c1-3-14-33(15-4-1)45(34-16-5-2-6-17-34)39-27-23-31-22-26-37-40(28-24-32-21-25-36(39)42(31)43(32)37)46(41-20-9-10-29-44-41)38-19-11-13-30-12-7-8-18-35(30)38/h1-21,23-29,40H,22H2. The molecule has 2 aliphatic carbocycles. The van der Waals surface area contributed by atoms with Crippen molar-refractivity contribution in [2.75, 3.05) is 9.80 Å². The van der Waals surface area contributed by atoms with Crippen LogP contribution in [0.2, 0.25) is 0 Å². The molecule has 1 atom stereocenters. The molecule has 3 nitrogen and oxygen atoms in total. The van der Waals surface area contributed by atoms with Crippen LogP contribution < -0.4 is 9.80 Å². The molecular weight excluding hydrogens is 558 g/mol. The van der Waals surface area contributed by atoms with Gasteiger partial charge in [0.25, 0.3) is 0 Å². The van der Waals surface area contributed by atoms with Crippen LogP contribution in [0.1, 0.15) is 16.7 Å². The van der Waals surface area contributed by atoms with Gasteiger partial charge in [-0.1, -0.05) is 115 Å². The van der Waals surface area contributed by atoms with Gasteiger partial charge in [-0.3, -0.25) is 0 Å². The zero-order valence-corrected chi connectivity index (χ0v) is 25.3. The average Bonchev–Trinajstić information content (AvgIpc) is 3.13. The number of allylic oxidation sites excluding steroid dienone is 1. The predicted molar refractivity (Wildman–Crippen MR) is 193 cm³/mol. The number of pyridine rings is 1. The van der Waals surface area contributed by atoms with Crippen molar-refractivity contribution in [3.8, 4) is 0 Å². The fraction of sp³-hybridized carbons (Fsp3) is 0.0465. The zero-order valence-electron chi connectivity index (χ0n) is 25.3. The third-order valence-corrected chi connectivity index (χ3v) is 9.35. The minimum Gasteiger partial charge on any atom is -0.315 e. The van der Waals surface area contributed by atoms with E-state index in [9.17, 15) is 0 Å². The largest absolute Gasteiger partial charge is 0.315 e. The van der Waals surface area contributed by atoms with E-state index in [1.54, 1.807) is 0 Å². The summed E-state index contributed by atoms with van der Waals surface area (Å²) in [6, 6.07) is 52.0. The van der Waals surface area contributed by atoms with Crippen molar-refractivity contribution in [1.29, 1.82) is 0 Å². The van der Waals surface area contributed by atoms with E-state index in [1.165, 1.54) is 49.5 Å². The highest BCUT2D eigenvalue weighted by atomic mass is 15.2. The molecular formula is C43H31N3. The third-order valence-electron chi connectivity index (χ3n) is 9.35. The lowest BCUT2D eigenvalue weighted by atomic mass is 9.78. The molecule has 0 N–H and O–H groups in total. The fourth-order valence-corrected chi connectivity index (χ4v) is 7.36. The molecule has 1 unspecified atom stereocenters. The summed E-state index contributed by atoms with van der Waals surface area (Å²) in [5.74, 6) is 0.934. The molecule has 0 amide bonds. The van der Waals surface area contributed by atoms with Gasteiger partial charge in [0.05, 0.1) is 17.4 Å². The molecule has 46 heavy (non-hydrogen) atoms. The molecule has 2 aliphatic rings. The van der Waals surface area contributed by atoms with Crippen molar-refractivity contribution in [2.45, 2.75) is 12.5 Å². The summed E-state index contributed by atoms with van der Waals surface area (Å²) in [4.78, 5) is 9.71. The normalized spacial score (nSPS) is 14.7.